The summed E-state index contributed by atoms with van der Waals surface area (Å²) in [6, 6.07) is 6.00. The van der Waals surface area contributed by atoms with E-state index in [1.807, 2.05) is 38.1 Å². The van der Waals surface area contributed by atoms with Crippen LogP contribution in [0.3, 0.4) is 0 Å². The molecule has 246 valence electrons. The number of H-pyrrole nitrogens is 2. The molecule has 10 nitrogen and oxygen atoms in total. The zero-order valence-electron chi connectivity index (χ0n) is 28.3. The second-order valence-corrected chi connectivity index (χ2v) is 12.0. The van der Waals surface area contributed by atoms with Gasteiger partial charge in [0.1, 0.15) is 0 Å². The van der Waals surface area contributed by atoms with Crippen LogP contribution in [0.1, 0.15) is 107 Å². The number of methoxy groups -OCH3 is 3. The molecule has 2 aliphatic rings. The van der Waals surface area contributed by atoms with Gasteiger partial charge in [-0.05, 0) is 74.1 Å². The molecule has 10 heteroatoms. The van der Waals surface area contributed by atoms with Crippen molar-refractivity contribution in [3.63, 3.8) is 0 Å². The highest BCUT2D eigenvalue weighted by molar-refractivity contribution is 6.03. The van der Waals surface area contributed by atoms with Crippen LogP contribution in [0, 0.1) is 13.8 Å². The number of esters is 3. The Balaban J connectivity index is 2.03. The number of hydrogen-bond acceptors (Lipinski definition) is 8. The first-order valence-corrected chi connectivity index (χ1v) is 15.8. The number of aryl methyl sites for hydroxylation is 2. The highest BCUT2D eigenvalue weighted by atomic mass is 16.5. The minimum Gasteiger partial charge on any atom is -0.469 e. The zero-order valence-corrected chi connectivity index (χ0v) is 28.3. The van der Waals surface area contributed by atoms with E-state index in [4.69, 9.17) is 24.2 Å². The molecule has 47 heavy (non-hydrogen) atoms. The molecule has 2 N–H and O–H groups in total. The first kappa shape index (κ1) is 33.4. The summed E-state index contributed by atoms with van der Waals surface area (Å²) < 4.78 is 15.4. The van der Waals surface area contributed by atoms with Crippen LogP contribution in [0.5, 0.6) is 0 Å². The Morgan fingerprint density at radius 2 is 1.57 bits per heavy atom. The van der Waals surface area contributed by atoms with Crippen LogP contribution in [-0.2, 0) is 30.2 Å². The van der Waals surface area contributed by atoms with E-state index in [-0.39, 0.29) is 30.6 Å². The third-order valence-electron chi connectivity index (χ3n) is 9.56. The molecule has 8 bridgehead atoms. The molecule has 0 aliphatic carbocycles. The van der Waals surface area contributed by atoms with E-state index in [2.05, 4.69) is 37.3 Å². The first-order valence-electron chi connectivity index (χ1n) is 15.8. The summed E-state index contributed by atoms with van der Waals surface area (Å²) in [5.41, 5.74) is 11.4. The molecule has 0 fully saturated rings. The van der Waals surface area contributed by atoms with E-state index < -0.39 is 11.9 Å². The van der Waals surface area contributed by atoms with Gasteiger partial charge in [-0.1, -0.05) is 26.5 Å². The molecule has 2 aliphatic heterocycles. The second kappa shape index (κ2) is 13.4. The topological polar surface area (TPSA) is 136 Å². The Morgan fingerprint density at radius 3 is 2.21 bits per heavy atom. The van der Waals surface area contributed by atoms with Crippen LogP contribution in [0.2, 0.25) is 0 Å². The van der Waals surface area contributed by atoms with Crippen LogP contribution >= 0.6 is 0 Å². The Kier molecular flexibility index (Phi) is 9.51. The van der Waals surface area contributed by atoms with Crippen molar-refractivity contribution in [3.05, 3.63) is 75.4 Å². The first-order chi connectivity index (χ1) is 22.5. The predicted octanol–water partition coefficient (Wildman–Crippen LogP) is 7.26. The van der Waals surface area contributed by atoms with E-state index in [1.54, 1.807) is 0 Å². The van der Waals surface area contributed by atoms with Gasteiger partial charge in [-0.2, -0.15) is 0 Å². The molecule has 0 spiro atoms. The molecule has 0 radical (unpaired) electrons. The molecule has 2 atom stereocenters. The molecule has 5 rings (SSSR count). The fourth-order valence-corrected chi connectivity index (χ4v) is 6.78. The molecule has 3 aromatic rings. The minimum atomic E-state index is -0.551. The molecule has 0 saturated carbocycles. The lowest BCUT2D eigenvalue weighted by Gasteiger charge is -2.17. The van der Waals surface area contributed by atoms with Crippen molar-refractivity contribution >= 4 is 57.2 Å². The van der Waals surface area contributed by atoms with Crippen LogP contribution in [0.25, 0.3) is 39.3 Å². The largest absolute Gasteiger partial charge is 0.469 e. The molecule has 0 aromatic carbocycles. The molecular formula is C37H42N4O6. The molecule has 5 heterocycles. The number of ether oxygens (including phenoxy) is 3. The quantitative estimate of drug-likeness (QED) is 0.194. The fourth-order valence-electron chi connectivity index (χ4n) is 6.78. The highest BCUT2D eigenvalue weighted by Crippen LogP contribution is 2.43. The van der Waals surface area contributed by atoms with Crippen molar-refractivity contribution in [2.24, 2.45) is 0 Å². The van der Waals surface area contributed by atoms with Gasteiger partial charge in [-0.3, -0.25) is 14.6 Å². The SMILES string of the molecule is C=Cc1c(C)c2cc3nc(c(CC(=O)OC)c4[nH]c(cc5nc(cc1[nH]2)C(C)=C5CC)c(C)c4C(=O)OC)[C@@H](CCC(=O)OC)[C@@H]3C. The number of carbonyl (C=O) groups excluding carboxylic acids is 3. The van der Waals surface area contributed by atoms with Crippen molar-refractivity contribution in [3.8, 4) is 0 Å². The zero-order chi connectivity index (χ0) is 34.2. The van der Waals surface area contributed by atoms with E-state index >= 15 is 0 Å². The maximum Gasteiger partial charge on any atom is 0.340 e. The van der Waals surface area contributed by atoms with E-state index in [0.717, 1.165) is 56.8 Å². The van der Waals surface area contributed by atoms with E-state index in [0.29, 0.717) is 39.8 Å². The highest BCUT2D eigenvalue weighted by Gasteiger charge is 2.34. The van der Waals surface area contributed by atoms with Gasteiger partial charge in [0.25, 0.3) is 0 Å². The van der Waals surface area contributed by atoms with Gasteiger partial charge in [-0.25, -0.2) is 9.78 Å². The monoisotopic (exact) mass is 638 g/mol. The van der Waals surface area contributed by atoms with Gasteiger partial charge in [0.05, 0.1) is 55.9 Å². The number of carbonyl (C=O) groups is 3. The van der Waals surface area contributed by atoms with Gasteiger partial charge >= 0.3 is 17.9 Å². The van der Waals surface area contributed by atoms with E-state index in [9.17, 15) is 14.4 Å². The van der Waals surface area contributed by atoms with Crippen molar-refractivity contribution in [1.29, 1.82) is 0 Å². The predicted molar refractivity (Wildman–Crippen MR) is 183 cm³/mol. The van der Waals surface area contributed by atoms with Crippen LogP contribution in [-0.4, -0.2) is 59.2 Å². The summed E-state index contributed by atoms with van der Waals surface area (Å²) >= 11 is 0. The van der Waals surface area contributed by atoms with Crippen LogP contribution in [0.4, 0.5) is 0 Å². The third-order valence-corrected chi connectivity index (χ3v) is 9.56. The molecular weight excluding hydrogens is 596 g/mol. The molecule has 0 amide bonds. The summed E-state index contributed by atoms with van der Waals surface area (Å²) in [6.45, 7) is 14.2. The van der Waals surface area contributed by atoms with Crippen LogP contribution in [0.15, 0.2) is 24.8 Å². The number of nitrogens with zero attached hydrogens (tertiary/aromatic N) is 2. The number of rotatable bonds is 8. The van der Waals surface area contributed by atoms with E-state index in [1.165, 1.54) is 21.3 Å². The Morgan fingerprint density at radius 1 is 0.894 bits per heavy atom. The standard InChI is InChI=1S/C37H42N4O6/c1-10-22-18(3)26-15-28-20(5)24(12-13-32(42)45-7)35(40-28)25(14-33(43)46-8)36-34(37(44)47-9)21(6)29(41-36)17-31-23(11-2)19(4)27(39-31)16-30(22)38-26/h10,15-17,20,24,38,41H,1,11-14H2,2-9H3/t20-,24-/m0/s1. The van der Waals surface area contributed by atoms with Crippen molar-refractivity contribution < 1.29 is 28.6 Å². The Hall–Kier alpha value is -4.99. The fraction of sp³-hybridized carbons (Fsp3) is 0.378. The summed E-state index contributed by atoms with van der Waals surface area (Å²) in [7, 11) is 4.02. The summed E-state index contributed by atoms with van der Waals surface area (Å²) in [6.07, 6.45) is 3.00. The minimum absolute atomic E-state index is 0.141. The summed E-state index contributed by atoms with van der Waals surface area (Å²) in [5, 5.41) is 0. The van der Waals surface area contributed by atoms with Gasteiger partial charge in [0.15, 0.2) is 0 Å². The molecule has 0 saturated heterocycles. The summed E-state index contributed by atoms with van der Waals surface area (Å²) in [5.74, 6) is -1.80. The number of aromatic amines is 2. The second-order valence-electron chi connectivity index (χ2n) is 12.0. The van der Waals surface area contributed by atoms with Crippen molar-refractivity contribution in [1.82, 2.24) is 19.9 Å². The average molecular weight is 639 g/mol. The number of allylic oxidation sites excluding steroid dienone is 2. The average Bonchev–Trinajstić information content (AvgIpc) is 3.74. The Bertz CT molecular complexity index is 2000. The normalized spacial score (nSPS) is 15.8. The van der Waals surface area contributed by atoms with Crippen molar-refractivity contribution in [2.45, 2.75) is 72.1 Å². The summed E-state index contributed by atoms with van der Waals surface area (Å²) in [4.78, 5) is 56.0. The van der Waals surface area contributed by atoms with Gasteiger partial charge in [0.2, 0.25) is 0 Å². The Labute approximate surface area is 274 Å². The van der Waals surface area contributed by atoms with Crippen molar-refractivity contribution in [2.75, 3.05) is 21.3 Å². The lowest BCUT2D eigenvalue weighted by atomic mass is 9.85. The maximum absolute atomic E-state index is 13.4. The van der Waals surface area contributed by atoms with Crippen LogP contribution < -0.4 is 0 Å². The third kappa shape index (κ3) is 6.00. The van der Waals surface area contributed by atoms with Gasteiger partial charge in [-0.15, -0.1) is 0 Å². The van der Waals surface area contributed by atoms with Gasteiger partial charge in [0, 0.05) is 51.6 Å². The molecule has 3 aromatic heterocycles. The lowest BCUT2D eigenvalue weighted by molar-refractivity contribution is -0.141. The number of aromatic nitrogens is 4. The maximum atomic E-state index is 13.4. The number of fused-ring (bicyclic) bond motifs is 8. The lowest BCUT2D eigenvalue weighted by Crippen LogP contribution is -2.13. The molecule has 0 unspecified atom stereocenters. The number of nitrogens with one attached hydrogen (secondary N) is 2. The van der Waals surface area contributed by atoms with Gasteiger partial charge < -0.3 is 24.2 Å². The number of hydrogen-bond donors (Lipinski definition) is 2. The smallest absolute Gasteiger partial charge is 0.340 e.